The lowest BCUT2D eigenvalue weighted by atomic mass is 9.68. The van der Waals surface area contributed by atoms with E-state index in [1.165, 1.54) is 0 Å². The Morgan fingerprint density at radius 3 is 2.26 bits per heavy atom. The molecule has 2 aromatic rings. The van der Waals surface area contributed by atoms with Crippen LogP contribution in [0.5, 0.6) is 0 Å². The van der Waals surface area contributed by atoms with Crippen LogP contribution in [-0.2, 0) is 19.9 Å². The minimum Gasteiger partial charge on any atom is -0.505 e. The third kappa shape index (κ3) is 2.51. The maximum absolute atomic E-state index is 13.3. The number of carbonyl (C=O) groups excluding carboxylic acids is 2. The first-order valence-corrected chi connectivity index (χ1v) is 8.97. The highest BCUT2D eigenvalue weighted by molar-refractivity contribution is 6.28. The molecule has 1 fully saturated rings. The number of hydrogen-bond donors (Lipinski definition) is 2. The first-order valence-electron chi connectivity index (χ1n) is 8.97. The van der Waals surface area contributed by atoms with Crippen LogP contribution in [0.25, 0.3) is 17.0 Å². The van der Waals surface area contributed by atoms with Gasteiger partial charge in [-0.2, -0.15) is 0 Å². The number of hydrogen-bond acceptors (Lipinski definition) is 4. The molecular formula is C21H19NO5. The molecule has 0 bridgehead atoms. The number of aliphatic hydroxyl groups excluding tert-OH is 1. The summed E-state index contributed by atoms with van der Waals surface area (Å²) < 4.78 is 1.86. The van der Waals surface area contributed by atoms with E-state index in [1.807, 2.05) is 41.0 Å². The number of aliphatic carboxylic acids is 1. The number of aliphatic hydroxyl groups is 1. The molecule has 0 radical (unpaired) electrons. The Hall–Kier alpha value is -3.15. The molecule has 2 N–H and O–H groups in total. The normalized spacial score (nSPS) is 17.6. The van der Waals surface area contributed by atoms with Crippen molar-refractivity contribution in [3.8, 4) is 11.3 Å². The van der Waals surface area contributed by atoms with Crippen LogP contribution in [0.4, 0.5) is 0 Å². The van der Waals surface area contributed by atoms with Gasteiger partial charge in [-0.05, 0) is 37.0 Å². The van der Waals surface area contributed by atoms with Crippen molar-refractivity contribution < 1.29 is 24.6 Å². The van der Waals surface area contributed by atoms with Gasteiger partial charge in [0, 0.05) is 12.1 Å². The van der Waals surface area contributed by atoms with Crippen LogP contribution in [0.15, 0.2) is 48.0 Å². The van der Waals surface area contributed by atoms with Gasteiger partial charge < -0.3 is 14.8 Å². The molecule has 27 heavy (non-hydrogen) atoms. The Labute approximate surface area is 155 Å². The zero-order valence-corrected chi connectivity index (χ0v) is 14.6. The van der Waals surface area contributed by atoms with Gasteiger partial charge in [-0.1, -0.05) is 30.3 Å². The van der Waals surface area contributed by atoms with E-state index in [9.17, 15) is 19.5 Å². The Kier molecular flexibility index (Phi) is 3.98. The van der Waals surface area contributed by atoms with Crippen molar-refractivity contribution in [1.82, 2.24) is 4.57 Å². The van der Waals surface area contributed by atoms with Gasteiger partial charge in [-0.3, -0.25) is 14.4 Å². The second kappa shape index (κ2) is 6.23. The van der Waals surface area contributed by atoms with E-state index >= 15 is 0 Å². The molecule has 1 aromatic heterocycles. The Balaban J connectivity index is 1.86. The average Bonchev–Trinajstić information content (AvgIpc) is 3.05. The van der Waals surface area contributed by atoms with Crippen molar-refractivity contribution in [2.75, 3.05) is 0 Å². The third-order valence-corrected chi connectivity index (χ3v) is 5.53. The van der Waals surface area contributed by atoms with Gasteiger partial charge in [-0.15, -0.1) is 0 Å². The van der Waals surface area contributed by atoms with Crippen LogP contribution in [0.3, 0.4) is 0 Å². The van der Waals surface area contributed by atoms with Gasteiger partial charge in [-0.25, -0.2) is 0 Å². The first kappa shape index (κ1) is 17.3. The highest BCUT2D eigenvalue weighted by Crippen LogP contribution is 2.50. The predicted molar refractivity (Wildman–Crippen MR) is 98.1 cm³/mol. The molecular weight excluding hydrogens is 346 g/mol. The summed E-state index contributed by atoms with van der Waals surface area (Å²) in [5.41, 5.74) is 1.07. The molecule has 0 amide bonds. The van der Waals surface area contributed by atoms with Crippen molar-refractivity contribution in [2.24, 2.45) is 0 Å². The van der Waals surface area contributed by atoms with E-state index in [0.29, 0.717) is 18.5 Å². The largest absolute Gasteiger partial charge is 0.505 e. The van der Waals surface area contributed by atoms with E-state index in [2.05, 4.69) is 0 Å². The molecule has 1 spiro atoms. The molecule has 0 saturated heterocycles. The highest BCUT2D eigenvalue weighted by Gasteiger charge is 2.53. The molecule has 6 heteroatoms. The number of carboxylic acids is 1. The zero-order chi connectivity index (χ0) is 19.2. The quantitative estimate of drug-likeness (QED) is 0.793. The monoisotopic (exact) mass is 365 g/mol. The summed E-state index contributed by atoms with van der Waals surface area (Å²) in [4.78, 5) is 36.6. The number of carboxylic acid groups (broad SMARTS) is 1. The number of carbonyl (C=O) groups is 3. The van der Waals surface area contributed by atoms with Gasteiger partial charge in [0.25, 0.3) is 0 Å². The van der Waals surface area contributed by atoms with Crippen LogP contribution in [0.1, 0.15) is 37.8 Å². The molecule has 0 atom stereocenters. The summed E-state index contributed by atoms with van der Waals surface area (Å²) in [5.74, 6) is -2.47. The number of nitrogens with zero attached hydrogens (tertiary/aromatic N) is 1. The molecule has 2 heterocycles. The molecule has 0 unspecified atom stereocenters. The summed E-state index contributed by atoms with van der Waals surface area (Å²) in [6.45, 7) is 0. The van der Waals surface area contributed by atoms with Crippen molar-refractivity contribution in [3.05, 3.63) is 53.7 Å². The lowest BCUT2D eigenvalue weighted by Crippen LogP contribution is -2.52. The average molecular weight is 365 g/mol. The van der Waals surface area contributed by atoms with Gasteiger partial charge in [0.2, 0.25) is 0 Å². The van der Waals surface area contributed by atoms with E-state index in [-0.39, 0.29) is 24.2 Å². The predicted octanol–water partition coefficient (Wildman–Crippen LogP) is 3.32. The van der Waals surface area contributed by atoms with Crippen LogP contribution in [-0.4, -0.2) is 32.3 Å². The number of benzene rings is 1. The molecule has 1 aliphatic carbocycles. The third-order valence-electron chi connectivity index (χ3n) is 5.53. The van der Waals surface area contributed by atoms with Crippen LogP contribution >= 0.6 is 0 Å². The minimum absolute atomic E-state index is 0.249. The topological polar surface area (TPSA) is 96.6 Å². The van der Waals surface area contributed by atoms with E-state index < -0.39 is 23.1 Å². The number of ketones is 2. The summed E-state index contributed by atoms with van der Waals surface area (Å²) in [6.07, 6.45) is 1.37. The van der Waals surface area contributed by atoms with Crippen molar-refractivity contribution in [2.45, 2.75) is 37.6 Å². The number of Topliss-reactive ketones (excluding diaryl/α,β-unsaturated/α-hetero) is 2. The second-order valence-corrected chi connectivity index (χ2v) is 7.06. The Bertz CT molecular complexity index is 979. The Morgan fingerprint density at radius 1 is 1.00 bits per heavy atom. The van der Waals surface area contributed by atoms with Gasteiger partial charge in [0.1, 0.15) is 11.1 Å². The SMILES string of the molecule is O=C(O)CCC(=O)C1=C(O)c2ccc(-c3ccccc3)n2C2(CCC2)C1=O. The number of fused-ring (bicyclic) bond motifs is 2. The standard InChI is InChI=1S/C21H19NO5/c23-16(9-10-17(24)25)18-19(26)15-8-7-14(13-5-2-1-3-6-13)22(15)21(20(18)27)11-4-12-21/h1-3,5-8,26H,4,9-12H2,(H,24,25). The lowest BCUT2D eigenvalue weighted by molar-refractivity contribution is -0.139. The number of rotatable bonds is 5. The van der Waals surface area contributed by atoms with Gasteiger partial charge >= 0.3 is 5.97 Å². The van der Waals surface area contributed by atoms with E-state index in [1.54, 1.807) is 6.07 Å². The molecule has 1 aromatic carbocycles. The zero-order valence-electron chi connectivity index (χ0n) is 14.6. The van der Waals surface area contributed by atoms with E-state index in [0.717, 1.165) is 17.7 Å². The summed E-state index contributed by atoms with van der Waals surface area (Å²) in [5, 5.41) is 19.5. The molecule has 6 nitrogen and oxygen atoms in total. The maximum Gasteiger partial charge on any atom is 0.303 e. The molecule has 2 aliphatic rings. The molecule has 1 aliphatic heterocycles. The summed E-state index contributed by atoms with van der Waals surface area (Å²) in [7, 11) is 0. The fourth-order valence-corrected chi connectivity index (χ4v) is 4.05. The van der Waals surface area contributed by atoms with E-state index in [4.69, 9.17) is 5.11 Å². The summed E-state index contributed by atoms with van der Waals surface area (Å²) >= 11 is 0. The minimum atomic E-state index is -1.11. The molecule has 138 valence electrons. The fourth-order valence-electron chi connectivity index (χ4n) is 4.05. The van der Waals surface area contributed by atoms with Crippen LogP contribution in [0.2, 0.25) is 0 Å². The fraction of sp³-hybridized carbons (Fsp3) is 0.286. The highest BCUT2D eigenvalue weighted by atomic mass is 16.4. The number of aromatic nitrogens is 1. The molecule has 4 rings (SSSR count). The maximum atomic E-state index is 13.3. The number of allylic oxidation sites excluding steroid dienone is 1. The van der Waals surface area contributed by atoms with Gasteiger partial charge in [0.05, 0.1) is 12.1 Å². The first-order chi connectivity index (χ1) is 13.0. The smallest absolute Gasteiger partial charge is 0.303 e. The Morgan fingerprint density at radius 2 is 1.67 bits per heavy atom. The lowest BCUT2D eigenvalue weighted by Gasteiger charge is -2.46. The van der Waals surface area contributed by atoms with Gasteiger partial charge in [0.15, 0.2) is 17.3 Å². The molecule has 1 saturated carbocycles. The van der Waals surface area contributed by atoms with Crippen molar-refractivity contribution in [1.29, 1.82) is 0 Å². The summed E-state index contributed by atoms with van der Waals surface area (Å²) in [6, 6.07) is 13.2. The van der Waals surface area contributed by atoms with Crippen LogP contribution < -0.4 is 0 Å². The second-order valence-electron chi connectivity index (χ2n) is 7.06. The van der Waals surface area contributed by atoms with Crippen LogP contribution in [0, 0.1) is 0 Å². The van der Waals surface area contributed by atoms with Crippen molar-refractivity contribution >= 4 is 23.3 Å². The van der Waals surface area contributed by atoms with Crippen molar-refractivity contribution in [3.63, 3.8) is 0 Å².